The minimum absolute atomic E-state index is 0. The van der Waals surface area contributed by atoms with Crippen LogP contribution in [-0.4, -0.2) is 29.6 Å². The minimum atomic E-state index is -0.591. The molecule has 0 spiro atoms. The number of rotatable bonds is 1. The molecule has 0 aliphatic rings. The summed E-state index contributed by atoms with van der Waals surface area (Å²) in [7, 11) is 0. The van der Waals surface area contributed by atoms with E-state index in [4.69, 9.17) is 26.3 Å². The van der Waals surface area contributed by atoms with Gasteiger partial charge in [0.1, 0.15) is 47.2 Å². The van der Waals surface area contributed by atoms with Crippen molar-refractivity contribution in [3.63, 3.8) is 0 Å². The van der Waals surface area contributed by atoms with Crippen molar-refractivity contribution in [2.75, 3.05) is 0 Å². The molecule has 0 heterocycles. The zero-order valence-electron chi connectivity index (χ0n) is 9.59. The van der Waals surface area contributed by atoms with Crippen molar-refractivity contribution in [2.45, 2.75) is 0 Å². The summed E-state index contributed by atoms with van der Waals surface area (Å²) in [6, 6.07) is 7.78. The Hall–Kier alpha value is -2.73. The summed E-state index contributed by atoms with van der Waals surface area (Å²) in [6.07, 6.45) is 0. The molecule has 81 valence electrons. The Labute approximate surface area is 129 Å². The fourth-order valence-corrected chi connectivity index (χ4v) is 1.38. The second-order valence-corrected chi connectivity index (χ2v) is 2.87. The van der Waals surface area contributed by atoms with Crippen LogP contribution in [0.3, 0.4) is 0 Å². The molecule has 0 aromatic heterocycles. The third-order valence-electron chi connectivity index (χ3n) is 2.12. The molecule has 0 atom stereocenters. The Bertz CT molecular complexity index is 710. The van der Waals surface area contributed by atoms with Crippen LogP contribution in [0, 0.1) is 61.6 Å². The van der Waals surface area contributed by atoms with Crippen molar-refractivity contribution in [3.8, 4) is 30.3 Å². The van der Waals surface area contributed by atoms with Gasteiger partial charge >= 0.3 is 0 Å². The van der Waals surface area contributed by atoms with Gasteiger partial charge in [0.15, 0.2) is 0 Å². The van der Waals surface area contributed by atoms with E-state index in [0.29, 0.717) is 0 Å². The normalized spacial score (nSPS) is 7.53. The van der Waals surface area contributed by atoms with Gasteiger partial charge in [-0.2, -0.15) is 26.3 Å². The number of nitriles is 5. The first-order chi connectivity index (χ1) is 8.69. The smallest absolute Gasteiger partial charge is 0.146 e. The molecule has 1 aromatic carbocycles. The molecular weight excluding hydrogens is 255 g/mol. The topological polar surface area (TPSA) is 148 Å². The average molecular weight is 255 g/mol. The van der Waals surface area contributed by atoms with Crippen LogP contribution in [0.1, 0.15) is 27.8 Å². The summed E-state index contributed by atoms with van der Waals surface area (Å²) in [4.78, 5) is 10.6. The first kappa shape index (κ1) is 16.3. The molecule has 1 rings (SSSR count). The van der Waals surface area contributed by atoms with E-state index >= 15 is 0 Å². The molecule has 7 nitrogen and oxygen atoms in total. The fourth-order valence-electron chi connectivity index (χ4n) is 1.38. The second kappa shape index (κ2) is 6.87. The van der Waals surface area contributed by atoms with E-state index in [9.17, 15) is 4.91 Å². The molecule has 0 aliphatic heterocycles. The van der Waals surface area contributed by atoms with Gasteiger partial charge in [0.05, 0.1) is 16.7 Å². The van der Waals surface area contributed by atoms with Crippen LogP contribution < -0.4 is 0 Å². The molecule has 0 bridgehead atoms. The third kappa shape index (κ3) is 2.43. The van der Waals surface area contributed by atoms with Gasteiger partial charge in [-0.25, -0.2) is 0 Å². The van der Waals surface area contributed by atoms with Crippen LogP contribution in [0.15, 0.2) is 5.18 Å². The first-order valence-electron chi connectivity index (χ1n) is 4.27. The van der Waals surface area contributed by atoms with Gasteiger partial charge in [0.25, 0.3) is 0 Å². The maximum absolute atomic E-state index is 10.6. The molecule has 0 unspecified atom stereocenters. The maximum Gasteiger partial charge on any atom is 0.146 e. The summed E-state index contributed by atoms with van der Waals surface area (Å²) >= 11 is 0. The quantitative estimate of drug-likeness (QED) is 0.540. The average Bonchev–Trinajstić information content (AvgIpc) is 2.43. The van der Waals surface area contributed by atoms with Gasteiger partial charge in [0.2, 0.25) is 0 Å². The molecule has 0 saturated carbocycles. The summed E-state index contributed by atoms with van der Waals surface area (Å²) in [5.41, 5.74) is -2.79. The number of hydrogen-bond acceptors (Lipinski definition) is 7. The van der Waals surface area contributed by atoms with Crippen molar-refractivity contribution in [2.24, 2.45) is 5.18 Å². The summed E-state index contributed by atoms with van der Waals surface area (Å²) < 4.78 is 0. The summed E-state index contributed by atoms with van der Waals surface area (Å²) in [6.45, 7) is 0. The maximum atomic E-state index is 10.6. The Morgan fingerprint density at radius 2 is 0.895 bits per heavy atom. The SMILES string of the molecule is N#Cc1c(C#N)c(C#N)c(N=O)c(C#N)c1C#N.[Na]. The van der Waals surface area contributed by atoms with Gasteiger partial charge in [-0.3, -0.25) is 0 Å². The Kier molecular flexibility index (Phi) is 5.89. The van der Waals surface area contributed by atoms with Crippen molar-refractivity contribution in [1.82, 2.24) is 0 Å². The monoisotopic (exact) mass is 255 g/mol. The van der Waals surface area contributed by atoms with Crippen molar-refractivity contribution in [3.05, 3.63) is 32.7 Å². The fraction of sp³-hybridized carbons (Fsp3) is 0. The molecule has 1 aromatic rings. The van der Waals surface area contributed by atoms with Crippen LogP contribution in [0.25, 0.3) is 0 Å². The van der Waals surface area contributed by atoms with E-state index in [1.165, 1.54) is 12.1 Å². The van der Waals surface area contributed by atoms with E-state index in [2.05, 4.69) is 5.18 Å². The van der Waals surface area contributed by atoms with Crippen LogP contribution in [0.4, 0.5) is 5.69 Å². The van der Waals surface area contributed by atoms with E-state index in [1.807, 2.05) is 0 Å². The number of hydrogen-bond donors (Lipinski definition) is 0. The van der Waals surface area contributed by atoms with Crippen LogP contribution >= 0.6 is 0 Å². The zero-order valence-corrected chi connectivity index (χ0v) is 11.6. The molecule has 0 fully saturated rings. The summed E-state index contributed by atoms with van der Waals surface area (Å²) in [5.74, 6) is 0. The van der Waals surface area contributed by atoms with Gasteiger partial charge in [-0.15, -0.1) is 4.91 Å². The molecule has 8 heteroatoms. The van der Waals surface area contributed by atoms with Crippen molar-refractivity contribution < 1.29 is 0 Å². The molecule has 1 radical (unpaired) electrons. The summed E-state index contributed by atoms with van der Waals surface area (Å²) in [5, 5.41) is 46.9. The Morgan fingerprint density at radius 1 is 0.632 bits per heavy atom. The number of benzene rings is 1. The van der Waals surface area contributed by atoms with Gasteiger partial charge in [0, 0.05) is 29.6 Å². The number of nitroso groups, excluding NO2 is 1. The van der Waals surface area contributed by atoms with E-state index in [1.54, 1.807) is 18.2 Å². The Morgan fingerprint density at radius 3 is 1.11 bits per heavy atom. The standard InChI is InChI=1S/C11N6O.Na/c12-1-6-7(2-13)9(4-15)11(17-18)10(5-16)8(6)3-14;. The first-order valence-corrected chi connectivity index (χ1v) is 4.27. The molecule has 0 saturated heterocycles. The van der Waals surface area contributed by atoms with Crippen LogP contribution in [0.5, 0.6) is 0 Å². The third-order valence-corrected chi connectivity index (χ3v) is 2.12. The zero-order chi connectivity index (χ0) is 13.7. The molecule has 0 aliphatic carbocycles. The van der Waals surface area contributed by atoms with Crippen molar-refractivity contribution in [1.29, 1.82) is 26.3 Å². The predicted octanol–water partition coefficient (Wildman–Crippen LogP) is 1.06. The number of nitrogens with zero attached hydrogens (tertiary/aromatic N) is 6. The van der Waals surface area contributed by atoms with Gasteiger partial charge < -0.3 is 0 Å². The van der Waals surface area contributed by atoms with E-state index in [-0.39, 0.29) is 29.6 Å². The van der Waals surface area contributed by atoms with Gasteiger partial charge in [-0.05, 0) is 5.18 Å². The second-order valence-electron chi connectivity index (χ2n) is 2.87. The largest absolute Gasteiger partial charge is 0.192 e. The van der Waals surface area contributed by atoms with E-state index < -0.39 is 33.5 Å². The van der Waals surface area contributed by atoms with Gasteiger partial charge in [-0.1, -0.05) is 0 Å². The molecule has 19 heavy (non-hydrogen) atoms. The molecule has 0 N–H and O–H groups in total. The minimum Gasteiger partial charge on any atom is -0.192 e. The molecule has 0 amide bonds. The molecular formula is C11N6NaO. The predicted molar refractivity (Wildman–Crippen MR) is 61.2 cm³/mol. The van der Waals surface area contributed by atoms with Crippen LogP contribution in [0.2, 0.25) is 0 Å². The van der Waals surface area contributed by atoms with Crippen LogP contribution in [-0.2, 0) is 0 Å². The van der Waals surface area contributed by atoms with Crippen molar-refractivity contribution >= 4 is 35.2 Å². The van der Waals surface area contributed by atoms with E-state index in [0.717, 1.165) is 0 Å². The Balaban J connectivity index is 0.00000324.